The van der Waals surface area contributed by atoms with Crippen molar-refractivity contribution in [2.75, 3.05) is 6.54 Å². The van der Waals surface area contributed by atoms with Crippen molar-refractivity contribution in [2.45, 2.75) is 19.4 Å². The van der Waals surface area contributed by atoms with Gasteiger partial charge in [0.05, 0.1) is 6.04 Å². The number of nitrogens with zero attached hydrogens (tertiary/aromatic N) is 2. The number of halogens is 2. The lowest BCUT2D eigenvalue weighted by Gasteiger charge is -2.15. The number of H-pyrrole nitrogens is 1. The minimum atomic E-state index is -0.208. The number of likely N-dealkylation sites (N-methyl/N-ethyl adjacent to an activating group) is 1. The lowest BCUT2D eigenvalue weighted by molar-refractivity contribution is 0.507. The number of aromatic nitrogens is 3. The molecule has 2 rings (SSSR count). The number of hydrogen-bond acceptors (Lipinski definition) is 3. The molecule has 0 aliphatic carbocycles. The summed E-state index contributed by atoms with van der Waals surface area (Å²) < 4.78 is 14.6. The van der Waals surface area contributed by atoms with Gasteiger partial charge in [-0.25, -0.2) is 9.37 Å². The van der Waals surface area contributed by atoms with Gasteiger partial charge in [-0.15, -0.1) is 0 Å². The molecule has 1 aromatic heterocycles. The molecule has 0 spiro atoms. The number of nitrogens with one attached hydrogen (secondary N) is 2. The summed E-state index contributed by atoms with van der Waals surface area (Å²) in [5.74, 6) is 0.511. The molecule has 0 aliphatic rings. The van der Waals surface area contributed by atoms with Crippen molar-refractivity contribution in [1.29, 1.82) is 0 Å². The van der Waals surface area contributed by atoms with E-state index in [1.54, 1.807) is 12.1 Å². The lowest BCUT2D eigenvalue weighted by Crippen LogP contribution is -2.24. The Morgan fingerprint density at radius 1 is 1.50 bits per heavy atom. The number of aromatic amines is 1. The SMILES string of the molecule is CCNC(Cc1cc(Br)ccc1F)c1ncn[nH]1. The van der Waals surface area contributed by atoms with E-state index < -0.39 is 0 Å². The Morgan fingerprint density at radius 3 is 3.00 bits per heavy atom. The fourth-order valence-electron chi connectivity index (χ4n) is 1.81. The third kappa shape index (κ3) is 3.14. The van der Waals surface area contributed by atoms with E-state index in [9.17, 15) is 4.39 Å². The van der Waals surface area contributed by atoms with E-state index in [4.69, 9.17) is 0 Å². The Kier molecular flexibility index (Phi) is 4.43. The van der Waals surface area contributed by atoms with Gasteiger partial charge in [-0.1, -0.05) is 22.9 Å². The van der Waals surface area contributed by atoms with Gasteiger partial charge in [0.1, 0.15) is 18.0 Å². The van der Waals surface area contributed by atoms with Crippen LogP contribution in [-0.2, 0) is 6.42 Å². The summed E-state index contributed by atoms with van der Waals surface area (Å²) in [5, 5.41) is 9.91. The van der Waals surface area contributed by atoms with Crippen LogP contribution < -0.4 is 5.32 Å². The highest BCUT2D eigenvalue weighted by Crippen LogP contribution is 2.21. The van der Waals surface area contributed by atoms with Crippen LogP contribution in [0.3, 0.4) is 0 Å². The molecule has 0 saturated carbocycles. The summed E-state index contributed by atoms with van der Waals surface area (Å²) in [6.45, 7) is 2.78. The molecular formula is C12H14BrFN4. The van der Waals surface area contributed by atoms with Gasteiger partial charge < -0.3 is 5.32 Å². The van der Waals surface area contributed by atoms with Crippen LogP contribution in [0.2, 0.25) is 0 Å². The average molecular weight is 313 g/mol. The molecule has 1 atom stereocenters. The van der Waals surface area contributed by atoms with Gasteiger partial charge in [0, 0.05) is 4.47 Å². The number of hydrogen-bond donors (Lipinski definition) is 2. The third-order valence-electron chi connectivity index (χ3n) is 2.65. The van der Waals surface area contributed by atoms with Gasteiger partial charge in [0.25, 0.3) is 0 Å². The maximum Gasteiger partial charge on any atom is 0.141 e. The topological polar surface area (TPSA) is 53.6 Å². The van der Waals surface area contributed by atoms with E-state index in [-0.39, 0.29) is 11.9 Å². The second kappa shape index (κ2) is 6.06. The summed E-state index contributed by atoms with van der Waals surface area (Å²) in [6, 6.07) is 4.87. The van der Waals surface area contributed by atoms with Crippen molar-refractivity contribution in [2.24, 2.45) is 0 Å². The van der Waals surface area contributed by atoms with Gasteiger partial charge in [-0.2, -0.15) is 5.10 Å². The zero-order valence-corrected chi connectivity index (χ0v) is 11.5. The summed E-state index contributed by atoms with van der Waals surface area (Å²) in [5.41, 5.74) is 0.645. The van der Waals surface area contributed by atoms with Crippen LogP contribution in [0.5, 0.6) is 0 Å². The van der Waals surface area contributed by atoms with Crippen LogP contribution in [0, 0.1) is 5.82 Å². The van der Waals surface area contributed by atoms with Crippen LogP contribution in [0.15, 0.2) is 29.0 Å². The highest BCUT2D eigenvalue weighted by molar-refractivity contribution is 9.10. The van der Waals surface area contributed by atoms with Gasteiger partial charge >= 0.3 is 0 Å². The minimum absolute atomic E-state index is 0.0682. The van der Waals surface area contributed by atoms with Crippen molar-refractivity contribution in [3.05, 3.63) is 46.2 Å². The fraction of sp³-hybridized carbons (Fsp3) is 0.333. The predicted molar refractivity (Wildman–Crippen MR) is 70.6 cm³/mol. The zero-order chi connectivity index (χ0) is 13.0. The first-order valence-corrected chi connectivity index (χ1v) is 6.52. The van der Waals surface area contributed by atoms with Crippen LogP contribution in [0.25, 0.3) is 0 Å². The monoisotopic (exact) mass is 312 g/mol. The molecule has 96 valence electrons. The van der Waals surface area contributed by atoms with Crippen LogP contribution in [-0.4, -0.2) is 21.7 Å². The number of benzene rings is 1. The normalized spacial score (nSPS) is 12.6. The molecule has 0 saturated heterocycles. The molecule has 0 fully saturated rings. The Morgan fingerprint density at radius 2 is 2.33 bits per heavy atom. The van der Waals surface area contributed by atoms with Crippen molar-refractivity contribution >= 4 is 15.9 Å². The van der Waals surface area contributed by atoms with Crippen molar-refractivity contribution in [3.63, 3.8) is 0 Å². The number of rotatable bonds is 5. The van der Waals surface area contributed by atoms with Gasteiger partial charge in [0.2, 0.25) is 0 Å². The molecule has 1 aromatic carbocycles. The summed E-state index contributed by atoms with van der Waals surface area (Å²) in [4.78, 5) is 4.12. The van der Waals surface area contributed by atoms with E-state index in [2.05, 4.69) is 36.4 Å². The molecule has 18 heavy (non-hydrogen) atoms. The maximum atomic E-state index is 13.7. The second-order valence-corrected chi connectivity index (χ2v) is 4.84. The van der Waals surface area contributed by atoms with E-state index in [1.807, 2.05) is 6.92 Å². The van der Waals surface area contributed by atoms with E-state index in [1.165, 1.54) is 12.4 Å². The molecule has 0 radical (unpaired) electrons. The highest BCUT2D eigenvalue weighted by atomic mass is 79.9. The van der Waals surface area contributed by atoms with Crippen molar-refractivity contribution in [3.8, 4) is 0 Å². The Labute approximate surface area is 113 Å². The summed E-state index contributed by atoms with van der Waals surface area (Å²) >= 11 is 3.35. The van der Waals surface area contributed by atoms with E-state index >= 15 is 0 Å². The molecule has 1 heterocycles. The van der Waals surface area contributed by atoms with Crippen molar-refractivity contribution < 1.29 is 4.39 Å². The Balaban J connectivity index is 2.21. The average Bonchev–Trinajstić information content (AvgIpc) is 2.87. The largest absolute Gasteiger partial charge is 0.307 e. The van der Waals surface area contributed by atoms with Gasteiger partial charge in [0.15, 0.2) is 0 Å². The van der Waals surface area contributed by atoms with Crippen LogP contribution in [0.4, 0.5) is 4.39 Å². The van der Waals surface area contributed by atoms with Gasteiger partial charge in [-0.05, 0) is 36.7 Å². The summed E-state index contributed by atoms with van der Waals surface area (Å²) in [6.07, 6.45) is 1.98. The molecular weight excluding hydrogens is 299 g/mol. The van der Waals surface area contributed by atoms with Crippen LogP contribution in [0.1, 0.15) is 24.4 Å². The lowest BCUT2D eigenvalue weighted by atomic mass is 10.0. The first-order chi connectivity index (χ1) is 8.70. The van der Waals surface area contributed by atoms with Gasteiger partial charge in [-0.3, -0.25) is 5.10 Å². The van der Waals surface area contributed by atoms with E-state index in [0.29, 0.717) is 12.0 Å². The fourth-order valence-corrected chi connectivity index (χ4v) is 2.22. The quantitative estimate of drug-likeness (QED) is 0.892. The van der Waals surface area contributed by atoms with Crippen LogP contribution >= 0.6 is 15.9 Å². The first kappa shape index (κ1) is 13.2. The second-order valence-electron chi connectivity index (χ2n) is 3.92. The smallest absolute Gasteiger partial charge is 0.141 e. The molecule has 2 aromatic rings. The van der Waals surface area contributed by atoms with Crippen molar-refractivity contribution in [1.82, 2.24) is 20.5 Å². The standard InChI is InChI=1S/C12H14BrFN4/c1-2-15-11(12-16-7-17-18-12)6-8-5-9(13)3-4-10(8)14/h3-5,7,11,15H,2,6H2,1H3,(H,16,17,18). The Hall–Kier alpha value is -1.27. The predicted octanol–water partition coefficient (Wildman–Crippen LogP) is 2.60. The minimum Gasteiger partial charge on any atom is -0.307 e. The molecule has 4 nitrogen and oxygen atoms in total. The maximum absolute atomic E-state index is 13.7. The molecule has 0 bridgehead atoms. The van der Waals surface area contributed by atoms with E-state index in [0.717, 1.165) is 16.8 Å². The molecule has 6 heteroatoms. The molecule has 2 N–H and O–H groups in total. The first-order valence-electron chi connectivity index (χ1n) is 5.73. The highest BCUT2D eigenvalue weighted by Gasteiger charge is 2.16. The Bertz CT molecular complexity index is 501. The molecule has 1 unspecified atom stereocenters. The zero-order valence-electron chi connectivity index (χ0n) is 9.95. The molecule has 0 amide bonds. The molecule has 0 aliphatic heterocycles. The summed E-state index contributed by atoms with van der Waals surface area (Å²) in [7, 11) is 0. The third-order valence-corrected chi connectivity index (χ3v) is 3.14.